The van der Waals surface area contributed by atoms with E-state index in [9.17, 15) is 4.79 Å². The molecule has 23 heavy (non-hydrogen) atoms. The molecule has 1 atom stereocenters. The lowest BCUT2D eigenvalue weighted by molar-refractivity contribution is 0.0470. The third kappa shape index (κ3) is 6.51. The van der Waals surface area contributed by atoms with Gasteiger partial charge < -0.3 is 10.1 Å². The first kappa shape index (κ1) is 18.3. The topological polar surface area (TPSA) is 41.6 Å². The second kappa shape index (κ2) is 7.67. The van der Waals surface area contributed by atoms with Crippen LogP contribution in [0.5, 0.6) is 0 Å². The van der Waals surface area contributed by atoms with E-state index in [0.717, 1.165) is 36.9 Å². The van der Waals surface area contributed by atoms with Gasteiger partial charge in [-0.3, -0.25) is 4.90 Å². The number of alkyl carbamates (subject to hydrolysis) is 1. The maximum atomic E-state index is 11.9. The maximum Gasteiger partial charge on any atom is 0.407 e. The van der Waals surface area contributed by atoms with Crippen LogP contribution in [0.1, 0.15) is 44.7 Å². The van der Waals surface area contributed by atoms with Gasteiger partial charge in [0.05, 0.1) is 0 Å². The molecular weight excluding hydrogens is 356 g/mol. The van der Waals surface area contributed by atoms with Crippen LogP contribution in [0.3, 0.4) is 0 Å². The Morgan fingerprint density at radius 3 is 2.78 bits per heavy atom. The van der Waals surface area contributed by atoms with Crippen molar-refractivity contribution in [3.63, 3.8) is 0 Å². The molecule has 0 unspecified atom stereocenters. The zero-order valence-electron chi connectivity index (χ0n) is 14.5. The molecule has 0 spiro atoms. The Morgan fingerprint density at radius 1 is 1.39 bits per heavy atom. The number of hydrogen-bond acceptors (Lipinski definition) is 3. The minimum atomic E-state index is -0.452. The van der Waals surface area contributed by atoms with Gasteiger partial charge in [-0.2, -0.15) is 0 Å². The molecule has 1 aromatic carbocycles. The molecule has 0 aromatic heterocycles. The monoisotopic (exact) mass is 382 g/mol. The van der Waals surface area contributed by atoms with Crippen molar-refractivity contribution in [1.82, 2.24) is 10.2 Å². The van der Waals surface area contributed by atoms with Crippen LogP contribution < -0.4 is 5.32 Å². The first-order chi connectivity index (χ1) is 10.7. The fourth-order valence-corrected chi connectivity index (χ4v) is 3.61. The van der Waals surface area contributed by atoms with Gasteiger partial charge in [0, 0.05) is 23.6 Å². The number of ether oxygens (including phenoxy) is 1. The molecule has 5 heteroatoms. The first-order valence-electron chi connectivity index (χ1n) is 8.19. The lowest BCUT2D eigenvalue weighted by atomic mass is 10.0. The zero-order chi connectivity index (χ0) is 17.0. The highest BCUT2D eigenvalue weighted by molar-refractivity contribution is 9.10. The predicted molar refractivity (Wildman–Crippen MR) is 96.5 cm³/mol. The number of nitrogens with one attached hydrogen (secondary N) is 1. The molecule has 1 fully saturated rings. The van der Waals surface area contributed by atoms with E-state index in [1.54, 1.807) is 0 Å². The van der Waals surface area contributed by atoms with Gasteiger partial charge in [-0.05, 0) is 70.3 Å². The normalized spacial score (nSPS) is 19.4. The molecule has 4 nitrogen and oxygen atoms in total. The molecule has 1 aromatic rings. The number of nitrogens with zero attached hydrogens (tertiary/aromatic N) is 1. The summed E-state index contributed by atoms with van der Waals surface area (Å²) in [6.07, 6.45) is 1.78. The van der Waals surface area contributed by atoms with Gasteiger partial charge in [0.15, 0.2) is 0 Å². The second-order valence-electron chi connectivity index (χ2n) is 7.36. The van der Waals surface area contributed by atoms with Crippen molar-refractivity contribution in [3.8, 4) is 0 Å². The number of aryl methyl sites for hydroxylation is 1. The number of amides is 1. The molecule has 1 heterocycles. The Morgan fingerprint density at radius 2 is 2.13 bits per heavy atom. The Labute approximate surface area is 147 Å². The highest BCUT2D eigenvalue weighted by Gasteiger charge is 2.24. The van der Waals surface area contributed by atoms with Crippen LogP contribution in [0.4, 0.5) is 4.79 Å². The summed E-state index contributed by atoms with van der Waals surface area (Å²) >= 11 is 3.56. The Kier molecular flexibility index (Phi) is 6.09. The molecular formula is C18H27BrN2O2. The summed E-state index contributed by atoms with van der Waals surface area (Å²) in [6.45, 7) is 10.6. The van der Waals surface area contributed by atoms with Crippen LogP contribution in [-0.2, 0) is 11.3 Å². The minimum absolute atomic E-state index is 0.159. The molecule has 128 valence electrons. The van der Waals surface area contributed by atoms with E-state index < -0.39 is 5.60 Å². The van der Waals surface area contributed by atoms with Gasteiger partial charge in [-0.25, -0.2) is 4.79 Å². The smallest absolute Gasteiger partial charge is 0.407 e. The van der Waals surface area contributed by atoms with Crippen LogP contribution in [0, 0.1) is 6.92 Å². The second-order valence-corrected chi connectivity index (χ2v) is 8.27. The number of carbonyl (C=O) groups is 1. The number of likely N-dealkylation sites (tertiary alicyclic amines) is 1. The van der Waals surface area contributed by atoms with Crippen LogP contribution in [0.15, 0.2) is 22.7 Å². The average molecular weight is 383 g/mol. The summed E-state index contributed by atoms with van der Waals surface area (Å²) in [4.78, 5) is 14.3. The molecule has 0 radical (unpaired) electrons. The van der Waals surface area contributed by atoms with Crippen molar-refractivity contribution in [2.24, 2.45) is 0 Å². The summed E-state index contributed by atoms with van der Waals surface area (Å²) in [5.74, 6) is 0. The molecule has 1 aliphatic rings. The highest BCUT2D eigenvalue weighted by Crippen LogP contribution is 2.19. The summed E-state index contributed by atoms with van der Waals surface area (Å²) in [6, 6.07) is 6.66. The molecule has 1 aliphatic heterocycles. The molecule has 1 amide bonds. The van der Waals surface area contributed by atoms with Gasteiger partial charge in [0.25, 0.3) is 0 Å². The van der Waals surface area contributed by atoms with E-state index in [1.807, 2.05) is 20.8 Å². The predicted octanol–water partition coefficient (Wildman–Crippen LogP) is 4.25. The third-order valence-corrected chi connectivity index (χ3v) is 4.19. The summed E-state index contributed by atoms with van der Waals surface area (Å²) in [5, 5.41) is 3.00. The van der Waals surface area contributed by atoms with Crippen LogP contribution >= 0.6 is 15.9 Å². The largest absolute Gasteiger partial charge is 0.444 e. The number of piperidine rings is 1. The quantitative estimate of drug-likeness (QED) is 0.849. The van der Waals surface area contributed by atoms with Gasteiger partial charge in [-0.1, -0.05) is 22.0 Å². The van der Waals surface area contributed by atoms with Gasteiger partial charge in [0.2, 0.25) is 0 Å². The van der Waals surface area contributed by atoms with Gasteiger partial charge in [-0.15, -0.1) is 0 Å². The lowest BCUT2D eigenvalue weighted by Crippen LogP contribution is -2.48. The summed E-state index contributed by atoms with van der Waals surface area (Å²) in [5.41, 5.74) is 2.11. The zero-order valence-corrected chi connectivity index (χ0v) is 16.1. The molecule has 1 saturated heterocycles. The fourth-order valence-electron chi connectivity index (χ4n) is 2.95. The molecule has 0 saturated carbocycles. The Bertz CT molecular complexity index is 534. The number of carbonyl (C=O) groups excluding carboxylic acids is 1. The van der Waals surface area contributed by atoms with Gasteiger partial charge >= 0.3 is 6.09 Å². The van der Waals surface area contributed by atoms with E-state index in [0.29, 0.717) is 0 Å². The average Bonchev–Trinajstić information content (AvgIpc) is 2.35. The minimum Gasteiger partial charge on any atom is -0.444 e. The van der Waals surface area contributed by atoms with Crippen molar-refractivity contribution < 1.29 is 9.53 Å². The number of hydrogen-bond donors (Lipinski definition) is 1. The van der Waals surface area contributed by atoms with Crippen molar-refractivity contribution in [2.75, 3.05) is 13.1 Å². The van der Waals surface area contributed by atoms with E-state index in [4.69, 9.17) is 4.74 Å². The Hall–Kier alpha value is -1.07. The molecule has 2 rings (SSSR count). The molecule has 1 N–H and O–H groups in total. The number of rotatable bonds is 3. The number of halogens is 1. The van der Waals surface area contributed by atoms with E-state index in [2.05, 4.69) is 51.3 Å². The summed E-state index contributed by atoms with van der Waals surface area (Å²) in [7, 11) is 0. The molecule has 0 bridgehead atoms. The SMILES string of the molecule is Cc1cc(Br)cc(CN2CCC[C@@H](NC(=O)OC(C)(C)C)C2)c1. The van der Waals surface area contributed by atoms with Crippen LogP contribution in [-0.4, -0.2) is 35.7 Å². The van der Waals surface area contributed by atoms with Crippen molar-refractivity contribution in [2.45, 2.75) is 58.7 Å². The standard InChI is InChI=1S/C18H27BrN2O2/c1-13-8-14(10-15(19)9-13)11-21-7-5-6-16(12-21)20-17(22)23-18(2,3)4/h8-10,16H,5-7,11-12H2,1-4H3,(H,20,22)/t16-/m1/s1. The lowest BCUT2D eigenvalue weighted by Gasteiger charge is -2.33. The van der Waals surface area contributed by atoms with Crippen molar-refractivity contribution >= 4 is 22.0 Å². The number of benzene rings is 1. The van der Waals surface area contributed by atoms with Crippen molar-refractivity contribution in [3.05, 3.63) is 33.8 Å². The summed E-state index contributed by atoms with van der Waals surface area (Å²) < 4.78 is 6.47. The van der Waals surface area contributed by atoms with Gasteiger partial charge in [0.1, 0.15) is 5.60 Å². The van der Waals surface area contributed by atoms with E-state index in [1.165, 1.54) is 11.1 Å². The van der Waals surface area contributed by atoms with Crippen LogP contribution in [0.2, 0.25) is 0 Å². The third-order valence-electron chi connectivity index (χ3n) is 3.73. The highest BCUT2D eigenvalue weighted by atomic mass is 79.9. The maximum absolute atomic E-state index is 11.9. The molecule has 0 aliphatic carbocycles. The van der Waals surface area contributed by atoms with Crippen molar-refractivity contribution in [1.29, 1.82) is 0 Å². The van der Waals surface area contributed by atoms with E-state index >= 15 is 0 Å². The Balaban J connectivity index is 1.89. The van der Waals surface area contributed by atoms with E-state index in [-0.39, 0.29) is 12.1 Å². The fraction of sp³-hybridized carbons (Fsp3) is 0.611. The van der Waals surface area contributed by atoms with Crippen LogP contribution in [0.25, 0.3) is 0 Å². The first-order valence-corrected chi connectivity index (χ1v) is 8.98.